The zero-order valence-corrected chi connectivity index (χ0v) is 14.1. The third kappa shape index (κ3) is 4.21. The van der Waals surface area contributed by atoms with E-state index in [9.17, 15) is 0 Å². The second-order valence-corrected chi connectivity index (χ2v) is 7.78. The molecule has 2 fully saturated rings. The lowest BCUT2D eigenvalue weighted by molar-refractivity contribution is 0.0536. The lowest BCUT2D eigenvalue weighted by Gasteiger charge is -2.40. The summed E-state index contributed by atoms with van der Waals surface area (Å²) in [5, 5.41) is 3.93. The molecule has 2 saturated carbocycles. The van der Waals surface area contributed by atoms with Crippen molar-refractivity contribution in [2.75, 3.05) is 7.11 Å². The molecule has 0 aromatic carbocycles. The monoisotopic (exact) mass is 281 g/mol. The highest BCUT2D eigenvalue weighted by atomic mass is 16.5. The molecule has 0 spiro atoms. The first-order chi connectivity index (χ1) is 9.55. The molecule has 20 heavy (non-hydrogen) atoms. The summed E-state index contributed by atoms with van der Waals surface area (Å²) in [5.74, 6) is 0.934. The van der Waals surface area contributed by atoms with Crippen LogP contribution in [0.4, 0.5) is 0 Å². The van der Waals surface area contributed by atoms with E-state index >= 15 is 0 Å². The Morgan fingerprint density at radius 2 is 1.70 bits per heavy atom. The van der Waals surface area contributed by atoms with E-state index < -0.39 is 0 Å². The molecule has 118 valence electrons. The van der Waals surface area contributed by atoms with E-state index in [4.69, 9.17) is 4.74 Å². The van der Waals surface area contributed by atoms with Crippen molar-refractivity contribution in [1.82, 2.24) is 5.32 Å². The maximum absolute atomic E-state index is 5.55. The van der Waals surface area contributed by atoms with E-state index in [1.54, 1.807) is 0 Å². The quantitative estimate of drug-likeness (QED) is 0.799. The Morgan fingerprint density at radius 3 is 2.30 bits per heavy atom. The Kier molecular flexibility index (Phi) is 5.92. The highest BCUT2D eigenvalue weighted by Crippen LogP contribution is 2.40. The van der Waals surface area contributed by atoms with E-state index in [1.807, 2.05) is 7.11 Å². The van der Waals surface area contributed by atoms with Gasteiger partial charge in [-0.05, 0) is 62.7 Å². The molecule has 0 amide bonds. The number of hydrogen-bond acceptors (Lipinski definition) is 2. The van der Waals surface area contributed by atoms with Gasteiger partial charge in [-0.25, -0.2) is 0 Å². The summed E-state index contributed by atoms with van der Waals surface area (Å²) in [6.07, 6.45) is 12.5. The van der Waals surface area contributed by atoms with Crippen molar-refractivity contribution < 1.29 is 4.74 Å². The van der Waals surface area contributed by atoms with Crippen molar-refractivity contribution in [2.45, 2.75) is 96.7 Å². The minimum atomic E-state index is 0.497. The number of hydrogen-bond donors (Lipinski definition) is 1. The zero-order chi connectivity index (χ0) is 14.6. The van der Waals surface area contributed by atoms with Crippen LogP contribution in [0.2, 0.25) is 0 Å². The summed E-state index contributed by atoms with van der Waals surface area (Å²) >= 11 is 0. The molecule has 2 atom stereocenters. The molecule has 1 N–H and O–H groups in total. The number of nitrogens with one attached hydrogen (secondary N) is 1. The molecule has 2 unspecified atom stereocenters. The Morgan fingerprint density at radius 1 is 1.00 bits per heavy atom. The third-order valence-corrected chi connectivity index (χ3v) is 6.17. The van der Waals surface area contributed by atoms with Gasteiger partial charge >= 0.3 is 0 Å². The Balaban J connectivity index is 1.74. The molecule has 0 bridgehead atoms. The lowest BCUT2D eigenvalue weighted by Crippen LogP contribution is -2.45. The van der Waals surface area contributed by atoms with E-state index in [-0.39, 0.29) is 0 Å². The SMILES string of the molecule is CCC(C)(C)C1CCC(NC2CCCC(OC)C2)CC1. The molecule has 2 aliphatic rings. The van der Waals surface area contributed by atoms with E-state index in [0.717, 1.165) is 12.0 Å². The number of methoxy groups -OCH3 is 1. The third-order valence-electron chi connectivity index (χ3n) is 6.17. The maximum atomic E-state index is 5.55. The predicted molar refractivity (Wildman–Crippen MR) is 86.0 cm³/mol. The van der Waals surface area contributed by atoms with Gasteiger partial charge in [0.2, 0.25) is 0 Å². The summed E-state index contributed by atoms with van der Waals surface area (Å²) < 4.78 is 5.55. The van der Waals surface area contributed by atoms with Crippen LogP contribution in [0, 0.1) is 11.3 Å². The summed E-state index contributed by atoms with van der Waals surface area (Å²) in [6, 6.07) is 1.47. The van der Waals surface area contributed by atoms with Crippen molar-refractivity contribution in [1.29, 1.82) is 0 Å². The number of rotatable bonds is 5. The Bertz CT molecular complexity index is 281. The smallest absolute Gasteiger partial charge is 0.0586 e. The average molecular weight is 281 g/mol. The van der Waals surface area contributed by atoms with Crippen LogP contribution in [0.3, 0.4) is 0 Å². The number of ether oxygens (including phenoxy) is 1. The molecule has 2 heteroatoms. The molecule has 0 heterocycles. The second kappa shape index (κ2) is 7.26. The second-order valence-electron chi connectivity index (χ2n) is 7.78. The van der Waals surface area contributed by atoms with Gasteiger partial charge in [0, 0.05) is 19.2 Å². The maximum Gasteiger partial charge on any atom is 0.0586 e. The predicted octanol–water partition coefficient (Wildman–Crippen LogP) is 4.53. The van der Waals surface area contributed by atoms with Crippen molar-refractivity contribution in [3.8, 4) is 0 Å². The van der Waals surface area contributed by atoms with Crippen LogP contribution in [-0.2, 0) is 4.74 Å². The van der Waals surface area contributed by atoms with Crippen LogP contribution >= 0.6 is 0 Å². The van der Waals surface area contributed by atoms with E-state index in [1.165, 1.54) is 57.8 Å². The first-order valence-electron chi connectivity index (χ1n) is 8.84. The molecular weight excluding hydrogens is 246 g/mol. The lowest BCUT2D eigenvalue weighted by atomic mass is 9.69. The van der Waals surface area contributed by atoms with Crippen LogP contribution < -0.4 is 5.32 Å². The molecule has 0 aromatic heterocycles. The van der Waals surface area contributed by atoms with Gasteiger partial charge in [-0.1, -0.05) is 27.2 Å². The van der Waals surface area contributed by atoms with Crippen LogP contribution in [-0.4, -0.2) is 25.3 Å². The summed E-state index contributed by atoms with van der Waals surface area (Å²) in [4.78, 5) is 0. The first kappa shape index (κ1) is 16.3. The van der Waals surface area contributed by atoms with Crippen LogP contribution in [0.1, 0.15) is 78.6 Å². The topological polar surface area (TPSA) is 21.3 Å². The molecule has 0 aromatic rings. The summed E-state index contributed by atoms with van der Waals surface area (Å²) in [6.45, 7) is 7.25. The standard InChI is InChI=1S/C18H35NO/c1-5-18(2,3)14-9-11-15(12-10-14)19-16-7-6-8-17(13-16)20-4/h14-17,19H,5-13H2,1-4H3. The van der Waals surface area contributed by atoms with Crippen molar-refractivity contribution in [3.63, 3.8) is 0 Å². The highest BCUT2D eigenvalue weighted by molar-refractivity contribution is 4.88. The largest absolute Gasteiger partial charge is 0.381 e. The van der Waals surface area contributed by atoms with Crippen molar-refractivity contribution >= 4 is 0 Å². The van der Waals surface area contributed by atoms with Gasteiger partial charge in [-0.15, -0.1) is 0 Å². The molecule has 2 nitrogen and oxygen atoms in total. The normalized spacial score (nSPS) is 36.0. The Labute approximate surface area is 126 Å². The van der Waals surface area contributed by atoms with Gasteiger partial charge in [0.25, 0.3) is 0 Å². The van der Waals surface area contributed by atoms with Gasteiger partial charge in [0.1, 0.15) is 0 Å². The highest BCUT2D eigenvalue weighted by Gasteiger charge is 2.32. The molecule has 0 saturated heterocycles. The van der Waals surface area contributed by atoms with E-state index in [2.05, 4.69) is 26.1 Å². The van der Waals surface area contributed by atoms with Gasteiger partial charge < -0.3 is 10.1 Å². The summed E-state index contributed by atoms with van der Waals surface area (Å²) in [7, 11) is 1.87. The van der Waals surface area contributed by atoms with Gasteiger partial charge in [0.15, 0.2) is 0 Å². The average Bonchev–Trinajstić information content (AvgIpc) is 2.48. The first-order valence-corrected chi connectivity index (χ1v) is 8.84. The van der Waals surface area contributed by atoms with Crippen molar-refractivity contribution in [2.24, 2.45) is 11.3 Å². The minimum absolute atomic E-state index is 0.497. The fourth-order valence-electron chi connectivity index (χ4n) is 4.17. The van der Waals surface area contributed by atoms with Gasteiger partial charge in [0.05, 0.1) is 6.10 Å². The molecule has 0 aliphatic heterocycles. The molecule has 2 rings (SSSR count). The minimum Gasteiger partial charge on any atom is -0.381 e. The van der Waals surface area contributed by atoms with Crippen LogP contribution in [0.25, 0.3) is 0 Å². The molecule has 0 radical (unpaired) electrons. The van der Waals surface area contributed by atoms with Gasteiger partial charge in [-0.2, -0.15) is 0 Å². The summed E-state index contributed by atoms with van der Waals surface area (Å²) in [5.41, 5.74) is 0.539. The van der Waals surface area contributed by atoms with E-state index in [0.29, 0.717) is 17.6 Å². The van der Waals surface area contributed by atoms with Crippen LogP contribution in [0.5, 0.6) is 0 Å². The fourth-order valence-corrected chi connectivity index (χ4v) is 4.17. The molecule has 2 aliphatic carbocycles. The Hall–Kier alpha value is -0.0800. The fraction of sp³-hybridized carbons (Fsp3) is 1.00. The zero-order valence-electron chi connectivity index (χ0n) is 14.1. The van der Waals surface area contributed by atoms with Gasteiger partial charge in [-0.3, -0.25) is 0 Å². The molecular formula is C18H35NO. The van der Waals surface area contributed by atoms with Crippen molar-refractivity contribution in [3.05, 3.63) is 0 Å². The van der Waals surface area contributed by atoms with Crippen LogP contribution in [0.15, 0.2) is 0 Å².